The Balaban J connectivity index is 3.06. The molecule has 0 saturated carbocycles. The number of hydrogen-bond acceptors (Lipinski definition) is 3. The van der Waals surface area contributed by atoms with E-state index in [0.717, 1.165) is 19.3 Å². The Labute approximate surface area is 119 Å². The van der Waals surface area contributed by atoms with Gasteiger partial charge in [-0.3, -0.25) is 10.1 Å². The molecule has 100 valence electrons. The normalized spacial score (nSPS) is 12.2. The molecular weight excluding hydrogens is 350 g/mol. The van der Waals surface area contributed by atoms with Crippen LogP contribution in [0.1, 0.15) is 33.1 Å². The molecule has 1 atom stereocenters. The molecule has 1 aromatic carbocycles. The van der Waals surface area contributed by atoms with E-state index in [2.05, 4.69) is 5.32 Å². The second-order valence-corrected chi connectivity index (χ2v) is 5.24. The zero-order valence-corrected chi connectivity index (χ0v) is 12.5. The molecule has 4 nitrogen and oxygen atoms in total. The van der Waals surface area contributed by atoms with Gasteiger partial charge in [-0.2, -0.15) is 0 Å². The molecule has 1 unspecified atom stereocenters. The van der Waals surface area contributed by atoms with Crippen LogP contribution in [0.25, 0.3) is 0 Å². The molecule has 18 heavy (non-hydrogen) atoms. The predicted octanol–water partition coefficient (Wildman–Crippen LogP) is 4.33. The third kappa shape index (κ3) is 3.79. The van der Waals surface area contributed by atoms with Gasteiger partial charge in [0.2, 0.25) is 0 Å². The Morgan fingerprint density at radius 1 is 1.50 bits per heavy atom. The Morgan fingerprint density at radius 3 is 2.67 bits per heavy atom. The summed E-state index contributed by atoms with van der Waals surface area (Å²) in [5, 5.41) is 14.0. The van der Waals surface area contributed by atoms with Crippen LogP contribution in [-0.4, -0.2) is 11.0 Å². The van der Waals surface area contributed by atoms with Crippen molar-refractivity contribution in [3.05, 3.63) is 31.6 Å². The lowest BCUT2D eigenvalue weighted by atomic mass is 10.1. The number of anilines is 1. The molecule has 0 aliphatic rings. The highest BCUT2D eigenvalue weighted by Crippen LogP contribution is 2.29. The smallest absolute Gasteiger partial charge is 0.293 e. The van der Waals surface area contributed by atoms with Gasteiger partial charge in [-0.25, -0.2) is 4.39 Å². The van der Waals surface area contributed by atoms with Gasteiger partial charge in [0.25, 0.3) is 5.69 Å². The number of nitro groups is 1. The quantitative estimate of drug-likeness (QED) is 0.463. The van der Waals surface area contributed by atoms with E-state index in [0.29, 0.717) is 0 Å². The standard InChI is InChI=1S/C12H16FIN2O2/c1-3-5-8(4-2)15-11-6-9(13)10(14)7-12(11)16(17)18/h6-8,15H,3-5H2,1-2H3. The summed E-state index contributed by atoms with van der Waals surface area (Å²) >= 11 is 1.75. The number of nitrogens with zero attached hydrogens (tertiary/aromatic N) is 1. The minimum Gasteiger partial charge on any atom is -0.377 e. The first kappa shape index (κ1) is 15.1. The number of rotatable bonds is 6. The summed E-state index contributed by atoms with van der Waals surface area (Å²) in [5.74, 6) is -0.435. The lowest BCUT2D eigenvalue weighted by Crippen LogP contribution is -2.19. The zero-order valence-electron chi connectivity index (χ0n) is 10.4. The van der Waals surface area contributed by atoms with Crippen LogP contribution < -0.4 is 5.32 Å². The molecule has 0 amide bonds. The topological polar surface area (TPSA) is 55.2 Å². The summed E-state index contributed by atoms with van der Waals surface area (Å²) in [5.41, 5.74) is 0.188. The second kappa shape index (κ2) is 6.86. The molecule has 0 aromatic heterocycles. The lowest BCUT2D eigenvalue weighted by molar-refractivity contribution is -0.384. The average molecular weight is 366 g/mol. The Hall–Kier alpha value is -0.920. The molecule has 0 spiro atoms. The van der Waals surface area contributed by atoms with Crippen molar-refractivity contribution in [2.24, 2.45) is 0 Å². The van der Waals surface area contributed by atoms with Crippen LogP contribution in [-0.2, 0) is 0 Å². The van der Waals surface area contributed by atoms with Crippen molar-refractivity contribution in [1.29, 1.82) is 0 Å². The molecule has 0 radical (unpaired) electrons. The van der Waals surface area contributed by atoms with Gasteiger partial charge < -0.3 is 5.32 Å². The lowest BCUT2D eigenvalue weighted by Gasteiger charge is -2.17. The molecule has 0 aliphatic heterocycles. The Morgan fingerprint density at radius 2 is 2.17 bits per heavy atom. The van der Waals surface area contributed by atoms with Crippen LogP contribution >= 0.6 is 22.6 Å². The van der Waals surface area contributed by atoms with Gasteiger partial charge in [0, 0.05) is 18.2 Å². The highest BCUT2D eigenvalue weighted by Gasteiger charge is 2.19. The Bertz CT molecular complexity index is 440. The molecule has 0 heterocycles. The van der Waals surface area contributed by atoms with Crippen LogP contribution in [0.2, 0.25) is 0 Å². The average Bonchev–Trinajstić information content (AvgIpc) is 2.32. The first-order valence-electron chi connectivity index (χ1n) is 5.89. The largest absolute Gasteiger partial charge is 0.377 e. The summed E-state index contributed by atoms with van der Waals surface area (Å²) in [4.78, 5) is 10.5. The monoisotopic (exact) mass is 366 g/mol. The van der Waals surface area contributed by atoms with Gasteiger partial charge in [0.1, 0.15) is 11.5 Å². The number of hydrogen-bond donors (Lipinski definition) is 1. The SMILES string of the molecule is CCCC(CC)Nc1cc(F)c(I)cc1[N+](=O)[O-]. The first-order valence-corrected chi connectivity index (χ1v) is 6.97. The second-order valence-electron chi connectivity index (χ2n) is 4.08. The summed E-state index contributed by atoms with van der Waals surface area (Å²) < 4.78 is 13.8. The van der Waals surface area contributed by atoms with E-state index in [-0.39, 0.29) is 21.0 Å². The van der Waals surface area contributed by atoms with Crippen molar-refractivity contribution in [1.82, 2.24) is 0 Å². The van der Waals surface area contributed by atoms with Crippen LogP contribution in [0.5, 0.6) is 0 Å². The molecule has 1 N–H and O–H groups in total. The fourth-order valence-electron chi connectivity index (χ4n) is 1.75. The third-order valence-electron chi connectivity index (χ3n) is 2.72. The fourth-order valence-corrected chi connectivity index (χ4v) is 2.20. The molecule has 6 heteroatoms. The van der Waals surface area contributed by atoms with E-state index in [4.69, 9.17) is 0 Å². The van der Waals surface area contributed by atoms with E-state index < -0.39 is 10.7 Å². The van der Waals surface area contributed by atoms with Gasteiger partial charge in [0.05, 0.1) is 8.49 Å². The fraction of sp³-hybridized carbons (Fsp3) is 0.500. The molecule has 0 fully saturated rings. The molecule has 0 bridgehead atoms. The van der Waals surface area contributed by atoms with Crippen LogP contribution in [0.3, 0.4) is 0 Å². The molecular formula is C12H16FIN2O2. The molecule has 0 saturated heterocycles. The maximum atomic E-state index is 13.5. The number of benzene rings is 1. The van der Waals surface area contributed by atoms with Crippen molar-refractivity contribution < 1.29 is 9.31 Å². The van der Waals surface area contributed by atoms with E-state index in [1.54, 1.807) is 22.6 Å². The molecule has 0 aliphatic carbocycles. The minimum atomic E-state index is -0.484. The van der Waals surface area contributed by atoms with Crippen molar-refractivity contribution >= 4 is 34.0 Å². The van der Waals surface area contributed by atoms with E-state index in [1.807, 2.05) is 13.8 Å². The van der Waals surface area contributed by atoms with Gasteiger partial charge in [-0.15, -0.1) is 0 Å². The minimum absolute atomic E-state index is 0.0737. The maximum Gasteiger partial charge on any atom is 0.293 e. The summed E-state index contributed by atoms with van der Waals surface area (Å²) in [7, 11) is 0. The van der Waals surface area contributed by atoms with Crippen LogP contribution in [0, 0.1) is 19.5 Å². The number of nitrogens with one attached hydrogen (secondary N) is 1. The van der Waals surface area contributed by atoms with E-state index >= 15 is 0 Å². The highest BCUT2D eigenvalue weighted by atomic mass is 127. The van der Waals surface area contributed by atoms with Crippen molar-refractivity contribution in [2.45, 2.75) is 39.2 Å². The van der Waals surface area contributed by atoms with Gasteiger partial charge in [0.15, 0.2) is 0 Å². The van der Waals surface area contributed by atoms with Crippen molar-refractivity contribution in [2.75, 3.05) is 5.32 Å². The van der Waals surface area contributed by atoms with E-state index in [9.17, 15) is 14.5 Å². The van der Waals surface area contributed by atoms with Crippen LogP contribution in [0.15, 0.2) is 12.1 Å². The number of halogens is 2. The van der Waals surface area contributed by atoms with Gasteiger partial charge >= 0.3 is 0 Å². The molecule has 1 aromatic rings. The van der Waals surface area contributed by atoms with Crippen molar-refractivity contribution in [3.63, 3.8) is 0 Å². The first-order chi connectivity index (χ1) is 8.49. The summed E-state index contributed by atoms with van der Waals surface area (Å²) in [6, 6.07) is 2.60. The summed E-state index contributed by atoms with van der Waals surface area (Å²) in [6.07, 6.45) is 2.73. The van der Waals surface area contributed by atoms with Gasteiger partial charge in [-0.1, -0.05) is 20.3 Å². The third-order valence-corrected chi connectivity index (χ3v) is 3.55. The van der Waals surface area contributed by atoms with E-state index in [1.165, 1.54) is 12.1 Å². The molecule has 1 rings (SSSR count). The zero-order chi connectivity index (χ0) is 13.7. The summed E-state index contributed by atoms with van der Waals surface area (Å²) in [6.45, 7) is 4.05. The van der Waals surface area contributed by atoms with Crippen LogP contribution in [0.4, 0.5) is 15.8 Å². The van der Waals surface area contributed by atoms with Gasteiger partial charge in [-0.05, 0) is 35.4 Å². The predicted molar refractivity (Wildman–Crippen MR) is 78.4 cm³/mol. The maximum absolute atomic E-state index is 13.5. The highest BCUT2D eigenvalue weighted by molar-refractivity contribution is 14.1. The Kier molecular flexibility index (Phi) is 5.77. The van der Waals surface area contributed by atoms with Crippen molar-refractivity contribution in [3.8, 4) is 0 Å². The number of nitro benzene ring substituents is 1.